The van der Waals surface area contributed by atoms with E-state index in [1.807, 2.05) is 0 Å². The molecule has 0 saturated heterocycles. The van der Waals surface area contributed by atoms with Crippen LogP contribution in [0.25, 0.3) is 32.0 Å². The second-order valence-corrected chi connectivity index (χ2v) is 9.93. The van der Waals surface area contributed by atoms with Crippen LogP contribution in [0.4, 0.5) is 22.0 Å². The maximum absolute atomic E-state index is 13.7. The van der Waals surface area contributed by atoms with E-state index in [4.69, 9.17) is 0 Å². The minimum Gasteiger partial charge on any atom is -0.310 e. The molecule has 6 nitrogen and oxygen atoms in total. The zero-order valence-electron chi connectivity index (χ0n) is 15.9. The van der Waals surface area contributed by atoms with Gasteiger partial charge in [-0.05, 0) is 12.1 Å². The molecule has 0 aliphatic carbocycles. The average Bonchev–Trinajstić information content (AvgIpc) is 3.25. The lowest BCUT2D eigenvalue weighted by Gasteiger charge is -2.17. The molecule has 0 fully saturated rings. The Morgan fingerprint density at radius 1 is 1.10 bits per heavy atom. The Morgan fingerprint density at radius 3 is 2.42 bits per heavy atom. The second-order valence-electron chi connectivity index (χ2n) is 6.66. The Morgan fingerprint density at radius 2 is 1.77 bits per heavy atom. The third kappa shape index (κ3) is 3.26. The van der Waals surface area contributed by atoms with Crippen LogP contribution in [0.5, 0.6) is 0 Å². The molecule has 3 aromatic heterocycles. The molecule has 0 aliphatic heterocycles. The summed E-state index contributed by atoms with van der Waals surface area (Å²) in [4.78, 5) is 4.42. The van der Waals surface area contributed by atoms with E-state index in [0.29, 0.717) is 16.2 Å². The second kappa shape index (κ2) is 6.92. The van der Waals surface area contributed by atoms with Gasteiger partial charge in [-0.25, -0.2) is 13.4 Å². The lowest BCUT2D eigenvalue weighted by Crippen LogP contribution is -2.34. The molecule has 0 amide bonds. The SMILES string of the molecule is CCS(=O)(=O)c1c(-c2nc3cc(C(F)(F)C(F)(F)F)nnc3n2C)sc2ccccc12. The van der Waals surface area contributed by atoms with Gasteiger partial charge in [0.15, 0.2) is 21.3 Å². The van der Waals surface area contributed by atoms with Crippen molar-refractivity contribution in [3.05, 3.63) is 36.0 Å². The van der Waals surface area contributed by atoms with E-state index < -0.39 is 27.6 Å². The largest absolute Gasteiger partial charge is 0.459 e. The van der Waals surface area contributed by atoms with Gasteiger partial charge in [-0.2, -0.15) is 22.0 Å². The van der Waals surface area contributed by atoms with E-state index in [9.17, 15) is 30.4 Å². The van der Waals surface area contributed by atoms with Gasteiger partial charge >= 0.3 is 12.1 Å². The van der Waals surface area contributed by atoms with Gasteiger partial charge in [-0.1, -0.05) is 25.1 Å². The molecular formula is C18H13F5N4O2S2. The minimum atomic E-state index is -5.85. The molecule has 13 heteroatoms. The highest BCUT2D eigenvalue weighted by molar-refractivity contribution is 7.92. The molecular weight excluding hydrogens is 463 g/mol. The number of hydrogen-bond donors (Lipinski definition) is 0. The van der Waals surface area contributed by atoms with E-state index in [1.54, 1.807) is 24.3 Å². The molecule has 164 valence electrons. The van der Waals surface area contributed by atoms with E-state index in [2.05, 4.69) is 15.2 Å². The summed E-state index contributed by atoms with van der Waals surface area (Å²) in [7, 11) is -2.26. The van der Waals surface area contributed by atoms with Crippen LogP contribution in [0.2, 0.25) is 0 Å². The van der Waals surface area contributed by atoms with Gasteiger partial charge in [0.2, 0.25) is 0 Å². The number of thiophene rings is 1. The Kier molecular flexibility index (Phi) is 4.81. The quantitative estimate of drug-likeness (QED) is 0.400. The summed E-state index contributed by atoms with van der Waals surface area (Å²) in [5.41, 5.74) is -1.91. The number of halogens is 5. The molecule has 3 heterocycles. The first-order valence-electron chi connectivity index (χ1n) is 8.78. The number of sulfone groups is 1. The minimum absolute atomic E-state index is 0.0304. The summed E-state index contributed by atoms with van der Waals surface area (Å²) < 4.78 is 93.1. The summed E-state index contributed by atoms with van der Waals surface area (Å²) in [6, 6.07) is 7.29. The van der Waals surface area contributed by atoms with Crippen LogP contribution in [0.15, 0.2) is 35.2 Å². The molecule has 31 heavy (non-hydrogen) atoms. The van der Waals surface area contributed by atoms with Crippen LogP contribution in [-0.2, 0) is 22.8 Å². The van der Waals surface area contributed by atoms with Gasteiger partial charge in [-0.3, -0.25) is 0 Å². The fourth-order valence-electron chi connectivity index (χ4n) is 3.11. The predicted octanol–water partition coefficient (Wildman–Crippen LogP) is 4.69. The van der Waals surface area contributed by atoms with Crippen molar-refractivity contribution in [2.45, 2.75) is 23.9 Å². The van der Waals surface area contributed by atoms with Gasteiger partial charge in [0.1, 0.15) is 11.2 Å². The molecule has 4 rings (SSSR count). The van der Waals surface area contributed by atoms with Gasteiger partial charge in [0.05, 0.1) is 15.5 Å². The van der Waals surface area contributed by atoms with Crippen molar-refractivity contribution in [3.8, 4) is 10.7 Å². The van der Waals surface area contributed by atoms with Crippen LogP contribution in [-0.4, -0.2) is 40.1 Å². The number of hydrogen-bond acceptors (Lipinski definition) is 6. The maximum atomic E-state index is 13.7. The van der Waals surface area contributed by atoms with E-state index in [1.165, 1.54) is 18.5 Å². The summed E-state index contributed by atoms with van der Waals surface area (Å²) in [5.74, 6) is -5.32. The summed E-state index contributed by atoms with van der Waals surface area (Å²) in [6.07, 6.45) is -5.85. The molecule has 0 radical (unpaired) electrons. The van der Waals surface area contributed by atoms with Crippen molar-refractivity contribution in [3.63, 3.8) is 0 Å². The molecule has 0 N–H and O–H groups in total. The van der Waals surface area contributed by atoms with Crippen molar-refractivity contribution in [1.82, 2.24) is 19.7 Å². The van der Waals surface area contributed by atoms with Crippen molar-refractivity contribution in [2.75, 3.05) is 5.75 Å². The van der Waals surface area contributed by atoms with Crippen LogP contribution < -0.4 is 0 Å². The molecule has 0 unspecified atom stereocenters. The number of rotatable bonds is 4. The van der Waals surface area contributed by atoms with Gasteiger partial charge in [0, 0.05) is 17.1 Å². The highest BCUT2D eigenvalue weighted by atomic mass is 32.2. The first-order valence-corrected chi connectivity index (χ1v) is 11.2. The molecule has 0 bridgehead atoms. The lowest BCUT2D eigenvalue weighted by molar-refractivity contribution is -0.291. The van der Waals surface area contributed by atoms with Crippen molar-refractivity contribution >= 4 is 42.4 Å². The van der Waals surface area contributed by atoms with Crippen molar-refractivity contribution in [1.29, 1.82) is 0 Å². The van der Waals surface area contributed by atoms with Crippen LogP contribution in [0.3, 0.4) is 0 Å². The van der Waals surface area contributed by atoms with E-state index in [0.717, 1.165) is 11.3 Å². The van der Waals surface area contributed by atoms with E-state index in [-0.39, 0.29) is 32.5 Å². The average molecular weight is 476 g/mol. The van der Waals surface area contributed by atoms with Crippen molar-refractivity contribution in [2.24, 2.45) is 7.05 Å². The van der Waals surface area contributed by atoms with E-state index >= 15 is 0 Å². The maximum Gasteiger partial charge on any atom is 0.459 e. The summed E-state index contributed by atoms with van der Waals surface area (Å²) >= 11 is 1.12. The molecule has 4 aromatic rings. The molecule has 0 spiro atoms. The highest BCUT2D eigenvalue weighted by Crippen LogP contribution is 2.44. The third-order valence-corrected chi connectivity index (χ3v) is 7.84. The van der Waals surface area contributed by atoms with Gasteiger partial charge in [-0.15, -0.1) is 21.5 Å². The van der Waals surface area contributed by atoms with Crippen LogP contribution >= 0.6 is 11.3 Å². The fraction of sp³-hybridized carbons (Fsp3) is 0.278. The predicted molar refractivity (Wildman–Crippen MR) is 105 cm³/mol. The molecule has 0 saturated carbocycles. The fourth-order valence-corrected chi connectivity index (χ4v) is 5.98. The zero-order chi connectivity index (χ0) is 22.8. The number of imidazole rings is 1. The zero-order valence-corrected chi connectivity index (χ0v) is 17.5. The van der Waals surface area contributed by atoms with Crippen LogP contribution in [0, 0.1) is 0 Å². The standard InChI is InChI=1S/C18H13F5N4O2S2/c1-3-31(28,29)14-9-6-4-5-7-11(9)30-13(14)16-24-10-8-12(17(19,20)18(21,22)23)25-26-15(10)27(16)2/h4-8H,3H2,1-2H3. The number of fused-ring (bicyclic) bond motifs is 2. The Hall–Kier alpha value is -2.67. The Labute approximate surface area is 176 Å². The number of benzene rings is 1. The molecule has 1 aromatic carbocycles. The first-order chi connectivity index (χ1) is 14.4. The Balaban J connectivity index is 1.99. The monoisotopic (exact) mass is 476 g/mol. The molecule has 0 atom stereocenters. The normalized spacial score (nSPS) is 13.4. The van der Waals surface area contributed by atoms with Crippen molar-refractivity contribution < 1.29 is 30.4 Å². The lowest BCUT2D eigenvalue weighted by atomic mass is 10.2. The summed E-state index contributed by atoms with van der Waals surface area (Å²) in [6.45, 7) is 1.48. The molecule has 0 aliphatic rings. The summed E-state index contributed by atoms with van der Waals surface area (Å²) in [5, 5.41) is 7.02. The van der Waals surface area contributed by atoms with Crippen LogP contribution in [0.1, 0.15) is 12.6 Å². The Bertz CT molecular complexity index is 1420. The topological polar surface area (TPSA) is 77.7 Å². The third-order valence-electron chi connectivity index (χ3n) is 4.74. The smallest absolute Gasteiger partial charge is 0.310 e. The highest BCUT2D eigenvalue weighted by Gasteiger charge is 2.60. The number of alkyl halides is 5. The first kappa shape index (κ1) is 21.6. The number of aromatic nitrogens is 4. The van der Waals surface area contributed by atoms with Gasteiger partial charge < -0.3 is 4.57 Å². The number of aryl methyl sites for hydroxylation is 1. The van der Waals surface area contributed by atoms with Gasteiger partial charge in [0.25, 0.3) is 0 Å². The number of nitrogens with zero attached hydrogens (tertiary/aromatic N) is 4.